The molecule has 0 heterocycles. The molecule has 1 aromatic carbocycles. The molecule has 0 saturated carbocycles. The molecule has 0 radical (unpaired) electrons. The largest absolute Gasteiger partial charge is 0.306 e. The van der Waals surface area contributed by atoms with Crippen LogP contribution in [0, 0.1) is 0 Å². The van der Waals surface area contributed by atoms with Gasteiger partial charge in [-0.25, -0.2) is 0 Å². The van der Waals surface area contributed by atoms with Crippen LogP contribution in [0.3, 0.4) is 0 Å². The Labute approximate surface area is 85.8 Å². The van der Waals surface area contributed by atoms with E-state index in [-0.39, 0.29) is 0 Å². The van der Waals surface area contributed by atoms with Crippen molar-refractivity contribution in [1.82, 2.24) is 5.32 Å². The number of allylic oxidation sites excluding steroid dienone is 1. The van der Waals surface area contributed by atoms with Crippen molar-refractivity contribution in [3.63, 3.8) is 0 Å². The summed E-state index contributed by atoms with van der Waals surface area (Å²) >= 11 is 0. The lowest BCUT2D eigenvalue weighted by Gasteiger charge is -2.11. The predicted molar refractivity (Wildman–Crippen MR) is 60.3 cm³/mol. The Morgan fingerprint density at radius 1 is 1.43 bits per heavy atom. The van der Waals surface area contributed by atoms with Crippen molar-refractivity contribution in [1.29, 1.82) is 0 Å². The fraction of sp³-hybridized carbons (Fsp3) is 0.385. The maximum absolute atomic E-state index is 3.55. The highest BCUT2D eigenvalue weighted by Crippen LogP contribution is 2.30. The second-order valence-electron chi connectivity index (χ2n) is 3.77. The van der Waals surface area contributed by atoms with Crippen LogP contribution >= 0.6 is 0 Å². The first-order chi connectivity index (χ1) is 6.92. The van der Waals surface area contributed by atoms with Gasteiger partial charge in [-0.2, -0.15) is 0 Å². The second kappa shape index (κ2) is 4.43. The monoisotopic (exact) mass is 187 g/mol. The predicted octanol–water partition coefficient (Wildman–Crippen LogP) is 2.84. The molecule has 1 aromatic rings. The summed E-state index contributed by atoms with van der Waals surface area (Å²) in [7, 11) is 0. The van der Waals surface area contributed by atoms with E-state index in [2.05, 4.69) is 48.7 Å². The van der Waals surface area contributed by atoms with Crippen LogP contribution in [-0.2, 0) is 6.42 Å². The minimum absolute atomic E-state index is 0.572. The van der Waals surface area contributed by atoms with Gasteiger partial charge >= 0.3 is 0 Å². The van der Waals surface area contributed by atoms with Crippen LogP contribution in [0.4, 0.5) is 0 Å². The van der Waals surface area contributed by atoms with Crippen LogP contribution in [0.2, 0.25) is 0 Å². The quantitative estimate of drug-likeness (QED) is 0.717. The van der Waals surface area contributed by atoms with Crippen molar-refractivity contribution in [2.24, 2.45) is 0 Å². The zero-order valence-electron chi connectivity index (χ0n) is 8.66. The molecule has 74 valence electrons. The number of rotatable bonds is 3. The molecule has 1 heteroatoms. The van der Waals surface area contributed by atoms with E-state index in [1.807, 2.05) is 0 Å². The van der Waals surface area contributed by atoms with Gasteiger partial charge in [0.05, 0.1) is 0 Å². The maximum Gasteiger partial charge on any atom is 0.0328 e. The van der Waals surface area contributed by atoms with Crippen molar-refractivity contribution in [2.75, 3.05) is 6.54 Å². The molecule has 1 N–H and O–H groups in total. The fourth-order valence-corrected chi connectivity index (χ4v) is 2.10. The van der Waals surface area contributed by atoms with Gasteiger partial charge < -0.3 is 5.32 Å². The van der Waals surface area contributed by atoms with Gasteiger partial charge in [0.2, 0.25) is 0 Å². The Morgan fingerprint density at radius 3 is 3.14 bits per heavy atom. The maximum atomic E-state index is 3.55. The summed E-state index contributed by atoms with van der Waals surface area (Å²) in [4.78, 5) is 0. The standard InChI is InChI=1S/C13H17N/c1-2-3-10-14-13-9-8-11-6-4-5-7-12(11)13/h2-7,13-14H,8-10H2,1H3/b3-2+/t13-/m0/s1. The average molecular weight is 187 g/mol. The highest BCUT2D eigenvalue weighted by Gasteiger charge is 2.20. The van der Waals surface area contributed by atoms with Crippen LogP contribution in [0.25, 0.3) is 0 Å². The molecule has 0 bridgehead atoms. The van der Waals surface area contributed by atoms with Crippen LogP contribution in [0.15, 0.2) is 36.4 Å². The molecule has 1 aliphatic rings. The first kappa shape index (κ1) is 9.47. The minimum atomic E-state index is 0.572. The number of nitrogens with one attached hydrogen (secondary N) is 1. The summed E-state index contributed by atoms with van der Waals surface area (Å²) in [6.45, 7) is 3.04. The van der Waals surface area contributed by atoms with Gasteiger partial charge in [0.1, 0.15) is 0 Å². The number of benzene rings is 1. The van der Waals surface area contributed by atoms with Gasteiger partial charge in [0.15, 0.2) is 0 Å². The third-order valence-electron chi connectivity index (χ3n) is 2.85. The molecule has 0 aliphatic heterocycles. The lowest BCUT2D eigenvalue weighted by Crippen LogP contribution is -2.18. The molecule has 1 aliphatic carbocycles. The van der Waals surface area contributed by atoms with E-state index < -0.39 is 0 Å². The summed E-state index contributed by atoms with van der Waals surface area (Å²) in [5.74, 6) is 0. The highest BCUT2D eigenvalue weighted by atomic mass is 14.9. The number of hydrogen-bond acceptors (Lipinski definition) is 1. The summed E-state index contributed by atoms with van der Waals surface area (Å²) in [5, 5.41) is 3.55. The molecule has 0 spiro atoms. The normalized spacial score (nSPS) is 20.2. The SMILES string of the molecule is C/C=C/CN[C@H]1CCc2ccccc21. The van der Waals surface area contributed by atoms with Gasteiger partial charge in [-0.05, 0) is 30.9 Å². The summed E-state index contributed by atoms with van der Waals surface area (Å²) in [6, 6.07) is 9.33. The van der Waals surface area contributed by atoms with Crippen LogP contribution < -0.4 is 5.32 Å². The zero-order valence-corrected chi connectivity index (χ0v) is 8.66. The minimum Gasteiger partial charge on any atom is -0.306 e. The Balaban J connectivity index is 2.03. The van der Waals surface area contributed by atoms with Gasteiger partial charge in [0.25, 0.3) is 0 Å². The molecule has 0 saturated heterocycles. The third-order valence-corrected chi connectivity index (χ3v) is 2.85. The lowest BCUT2D eigenvalue weighted by atomic mass is 10.1. The topological polar surface area (TPSA) is 12.0 Å². The van der Waals surface area contributed by atoms with E-state index in [0.29, 0.717) is 6.04 Å². The number of hydrogen-bond donors (Lipinski definition) is 1. The number of fused-ring (bicyclic) bond motifs is 1. The summed E-state index contributed by atoms with van der Waals surface area (Å²) in [5.41, 5.74) is 3.02. The molecule has 14 heavy (non-hydrogen) atoms. The van der Waals surface area contributed by atoms with E-state index >= 15 is 0 Å². The first-order valence-electron chi connectivity index (χ1n) is 5.34. The Hall–Kier alpha value is -1.08. The van der Waals surface area contributed by atoms with E-state index in [0.717, 1.165) is 6.54 Å². The van der Waals surface area contributed by atoms with Crippen molar-refractivity contribution in [3.05, 3.63) is 47.5 Å². The summed E-state index contributed by atoms with van der Waals surface area (Å²) in [6.07, 6.45) is 6.73. The fourth-order valence-electron chi connectivity index (χ4n) is 2.10. The van der Waals surface area contributed by atoms with Crippen LogP contribution in [0.5, 0.6) is 0 Å². The van der Waals surface area contributed by atoms with E-state index in [1.54, 1.807) is 0 Å². The van der Waals surface area contributed by atoms with Crippen molar-refractivity contribution in [2.45, 2.75) is 25.8 Å². The third kappa shape index (κ3) is 1.88. The first-order valence-corrected chi connectivity index (χ1v) is 5.34. The average Bonchev–Trinajstić information content (AvgIpc) is 2.63. The molecule has 0 amide bonds. The van der Waals surface area contributed by atoms with Crippen molar-refractivity contribution in [3.8, 4) is 0 Å². The molecule has 0 aromatic heterocycles. The number of aryl methyl sites for hydroxylation is 1. The second-order valence-corrected chi connectivity index (χ2v) is 3.77. The summed E-state index contributed by atoms with van der Waals surface area (Å²) < 4.78 is 0. The molecule has 0 fully saturated rings. The smallest absolute Gasteiger partial charge is 0.0328 e. The van der Waals surface area contributed by atoms with E-state index in [4.69, 9.17) is 0 Å². The van der Waals surface area contributed by atoms with Gasteiger partial charge in [-0.3, -0.25) is 0 Å². The van der Waals surface area contributed by atoms with Gasteiger partial charge in [-0.1, -0.05) is 36.4 Å². The molecule has 1 nitrogen and oxygen atoms in total. The zero-order chi connectivity index (χ0) is 9.80. The van der Waals surface area contributed by atoms with Crippen LogP contribution in [0.1, 0.15) is 30.5 Å². The Kier molecular flexibility index (Phi) is 3.00. The molecule has 1 atom stereocenters. The van der Waals surface area contributed by atoms with E-state index in [9.17, 15) is 0 Å². The van der Waals surface area contributed by atoms with Gasteiger partial charge in [0, 0.05) is 12.6 Å². The van der Waals surface area contributed by atoms with Crippen molar-refractivity contribution < 1.29 is 0 Å². The Bertz CT molecular complexity index is 328. The lowest BCUT2D eigenvalue weighted by molar-refractivity contribution is 0.564. The van der Waals surface area contributed by atoms with Crippen molar-refractivity contribution >= 4 is 0 Å². The molecule has 2 rings (SSSR count). The molecular weight excluding hydrogens is 170 g/mol. The van der Waals surface area contributed by atoms with Gasteiger partial charge in [-0.15, -0.1) is 0 Å². The Morgan fingerprint density at radius 2 is 2.29 bits per heavy atom. The van der Waals surface area contributed by atoms with Crippen LogP contribution in [-0.4, -0.2) is 6.54 Å². The van der Waals surface area contributed by atoms with E-state index in [1.165, 1.54) is 24.0 Å². The molecule has 0 unspecified atom stereocenters. The molecular formula is C13H17N. The highest BCUT2D eigenvalue weighted by molar-refractivity contribution is 5.34.